The van der Waals surface area contributed by atoms with Gasteiger partial charge >= 0.3 is 0 Å². The number of rotatable bonds is 5. The molecule has 0 aliphatic carbocycles. The van der Waals surface area contributed by atoms with Crippen molar-refractivity contribution in [3.63, 3.8) is 0 Å². The van der Waals surface area contributed by atoms with Crippen molar-refractivity contribution in [2.45, 2.75) is 25.9 Å². The predicted octanol–water partition coefficient (Wildman–Crippen LogP) is 1.18. The van der Waals surface area contributed by atoms with E-state index in [9.17, 15) is 4.79 Å². The highest BCUT2D eigenvalue weighted by Crippen LogP contribution is 2.08. The Kier molecular flexibility index (Phi) is 4.62. The number of carbonyl (C=O) groups excluding carboxylic acids is 1. The van der Waals surface area contributed by atoms with E-state index in [0.29, 0.717) is 19.4 Å². The van der Waals surface area contributed by atoms with Gasteiger partial charge in [0, 0.05) is 11.4 Å². The summed E-state index contributed by atoms with van der Waals surface area (Å²) in [7, 11) is 0. The van der Waals surface area contributed by atoms with Gasteiger partial charge in [0.05, 0.1) is 12.5 Å². The lowest BCUT2D eigenvalue weighted by atomic mass is 10.3. The summed E-state index contributed by atoms with van der Waals surface area (Å²) in [6.45, 7) is 2.26. The third-order valence-electron chi connectivity index (χ3n) is 1.80. The van der Waals surface area contributed by atoms with Crippen LogP contribution in [0.1, 0.15) is 18.2 Å². The van der Waals surface area contributed by atoms with Crippen molar-refractivity contribution in [2.75, 3.05) is 6.54 Å². The molecule has 1 amide bonds. The number of amides is 1. The minimum atomic E-state index is -0.350. The molecule has 0 aliphatic heterocycles. The number of aliphatic hydroxyl groups is 1. The van der Waals surface area contributed by atoms with Crippen molar-refractivity contribution in [3.05, 3.63) is 22.4 Å². The number of carbonyl (C=O) groups is 1. The molecule has 2 N–H and O–H groups in total. The summed E-state index contributed by atoms with van der Waals surface area (Å²) in [4.78, 5) is 12.4. The summed E-state index contributed by atoms with van der Waals surface area (Å²) in [5.41, 5.74) is 0. The monoisotopic (exact) mass is 213 g/mol. The summed E-state index contributed by atoms with van der Waals surface area (Å²) in [6.07, 6.45) is 0.699. The summed E-state index contributed by atoms with van der Waals surface area (Å²) in [5.74, 6) is 0.0214. The van der Waals surface area contributed by atoms with Gasteiger partial charge in [-0.25, -0.2) is 0 Å². The van der Waals surface area contributed by atoms with Crippen LogP contribution in [0.2, 0.25) is 0 Å². The Hall–Kier alpha value is -0.870. The molecule has 14 heavy (non-hydrogen) atoms. The van der Waals surface area contributed by atoms with Gasteiger partial charge in [-0.15, -0.1) is 11.3 Å². The number of thiophene rings is 1. The fourth-order valence-corrected chi connectivity index (χ4v) is 1.76. The minimum Gasteiger partial charge on any atom is -0.393 e. The number of hydrogen-bond donors (Lipinski definition) is 2. The molecule has 0 bridgehead atoms. The lowest BCUT2D eigenvalue weighted by Gasteiger charge is -2.05. The summed E-state index contributed by atoms with van der Waals surface area (Å²) in [6, 6.07) is 3.88. The van der Waals surface area contributed by atoms with Gasteiger partial charge in [-0.3, -0.25) is 4.79 Å². The van der Waals surface area contributed by atoms with E-state index >= 15 is 0 Å². The third-order valence-corrected chi connectivity index (χ3v) is 2.68. The SMILES string of the molecule is CC(O)CCNC(=O)Cc1cccs1. The molecule has 1 atom stereocenters. The molecule has 1 aromatic rings. The standard InChI is InChI=1S/C10H15NO2S/c1-8(12)4-5-11-10(13)7-9-3-2-6-14-9/h2-3,6,8,12H,4-5,7H2,1H3,(H,11,13). The molecule has 0 saturated carbocycles. The van der Waals surface area contributed by atoms with Crippen LogP contribution in [-0.2, 0) is 11.2 Å². The van der Waals surface area contributed by atoms with E-state index in [4.69, 9.17) is 5.11 Å². The summed E-state index contributed by atoms with van der Waals surface area (Å²) >= 11 is 1.58. The maximum absolute atomic E-state index is 11.3. The number of hydrogen-bond acceptors (Lipinski definition) is 3. The Labute approximate surface area is 87.8 Å². The zero-order chi connectivity index (χ0) is 10.4. The van der Waals surface area contributed by atoms with E-state index in [2.05, 4.69) is 5.32 Å². The topological polar surface area (TPSA) is 49.3 Å². The van der Waals surface area contributed by atoms with Gasteiger partial charge in [0.1, 0.15) is 0 Å². The normalized spacial score (nSPS) is 12.4. The van der Waals surface area contributed by atoms with Crippen LogP contribution in [0.3, 0.4) is 0 Å². The molecule has 4 heteroatoms. The molecule has 0 fully saturated rings. The van der Waals surface area contributed by atoms with Crippen molar-refractivity contribution in [2.24, 2.45) is 0 Å². The molecule has 78 valence electrons. The fourth-order valence-electron chi connectivity index (χ4n) is 1.05. The van der Waals surface area contributed by atoms with Crippen LogP contribution in [0.5, 0.6) is 0 Å². The van der Waals surface area contributed by atoms with Gasteiger partial charge in [0.15, 0.2) is 0 Å². The van der Waals surface area contributed by atoms with Crippen LogP contribution in [0, 0.1) is 0 Å². The lowest BCUT2D eigenvalue weighted by molar-refractivity contribution is -0.120. The number of aliphatic hydroxyl groups excluding tert-OH is 1. The second kappa shape index (κ2) is 5.78. The molecule has 0 aliphatic rings. The first-order chi connectivity index (χ1) is 6.68. The lowest BCUT2D eigenvalue weighted by Crippen LogP contribution is -2.27. The Bertz CT molecular complexity index is 270. The van der Waals surface area contributed by atoms with Crippen LogP contribution in [-0.4, -0.2) is 23.7 Å². The second-order valence-corrected chi connectivity index (χ2v) is 4.28. The van der Waals surface area contributed by atoms with E-state index in [1.807, 2.05) is 17.5 Å². The summed E-state index contributed by atoms with van der Waals surface area (Å²) in [5, 5.41) is 13.7. The molecule has 1 unspecified atom stereocenters. The van der Waals surface area contributed by atoms with Gasteiger partial charge in [0.2, 0.25) is 5.91 Å². The second-order valence-electron chi connectivity index (χ2n) is 3.24. The average molecular weight is 213 g/mol. The van der Waals surface area contributed by atoms with E-state index in [0.717, 1.165) is 4.88 Å². The van der Waals surface area contributed by atoms with Gasteiger partial charge < -0.3 is 10.4 Å². The Morgan fingerprint density at radius 1 is 1.71 bits per heavy atom. The Morgan fingerprint density at radius 3 is 3.07 bits per heavy atom. The zero-order valence-corrected chi connectivity index (χ0v) is 9.01. The van der Waals surface area contributed by atoms with Crippen LogP contribution < -0.4 is 5.32 Å². The van der Waals surface area contributed by atoms with Crippen LogP contribution in [0.15, 0.2) is 17.5 Å². The van der Waals surface area contributed by atoms with Crippen LogP contribution in [0.4, 0.5) is 0 Å². The van der Waals surface area contributed by atoms with Gasteiger partial charge in [-0.05, 0) is 24.8 Å². The molecule has 0 saturated heterocycles. The van der Waals surface area contributed by atoms with Gasteiger partial charge in [-0.1, -0.05) is 6.07 Å². The molecule has 0 spiro atoms. The quantitative estimate of drug-likeness (QED) is 0.771. The highest BCUT2D eigenvalue weighted by molar-refractivity contribution is 7.10. The zero-order valence-electron chi connectivity index (χ0n) is 8.19. The predicted molar refractivity (Wildman–Crippen MR) is 57.3 cm³/mol. The molecule has 0 aromatic carbocycles. The van der Waals surface area contributed by atoms with Crippen molar-refractivity contribution < 1.29 is 9.90 Å². The molecule has 1 rings (SSSR count). The van der Waals surface area contributed by atoms with E-state index < -0.39 is 0 Å². The fraction of sp³-hybridized carbons (Fsp3) is 0.500. The summed E-state index contributed by atoms with van der Waals surface area (Å²) < 4.78 is 0. The smallest absolute Gasteiger partial charge is 0.225 e. The highest BCUT2D eigenvalue weighted by atomic mass is 32.1. The average Bonchev–Trinajstić information content (AvgIpc) is 2.56. The van der Waals surface area contributed by atoms with Crippen LogP contribution in [0.25, 0.3) is 0 Å². The first kappa shape index (κ1) is 11.2. The van der Waals surface area contributed by atoms with Crippen molar-refractivity contribution in [1.29, 1.82) is 0 Å². The number of nitrogens with one attached hydrogen (secondary N) is 1. The molecular formula is C10H15NO2S. The maximum Gasteiger partial charge on any atom is 0.225 e. The molecule has 0 radical (unpaired) electrons. The Morgan fingerprint density at radius 2 is 2.50 bits per heavy atom. The van der Waals surface area contributed by atoms with Gasteiger partial charge in [0.25, 0.3) is 0 Å². The van der Waals surface area contributed by atoms with Crippen molar-refractivity contribution in [1.82, 2.24) is 5.32 Å². The molecule has 1 aromatic heterocycles. The van der Waals surface area contributed by atoms with Crippen LogP contribution >= 0.6 is 11.3 Å². The Balaban J connectivity index is 2.17. The van der Waals surface area contributed by atoms with E-state index in [1.54, 1.807) is 18.3 Å². The van der Waals surface area contributed by atoms with Gasteiger partial charge in [-0.2, -0.15) is 0 Å². The maximum atomic E-state index is 11.3. The highest BCUT2D eigenvalue weighted by Gasteiger charge is 2.03. The minimum absolute atomic E-state index is 0.0214. The largest absolute Gasteiger partial charge is 0.393 e. The van der Waals surface area contributed by atoms with E-state index in [-0.39, 0.29) is 12.0 Å². The molecule has 3 nitrogen and oxygen atoms in total. The van der Waals surface area contributed by atoms with Crippen molar-refractivity contribution >= 4 is 17.2 Å². The molecule has 1 heterocycles. The third kappa shape index (κ3) is 4.39. The molecular weight excluding hydrogens is 198 g/mol. The first-order valence-electron chi connectivity index (χ1n) is 4.65. The first-order valence-corrected chi connectivity index (χ1v) is 5.53. The van der Waals surface area contributed by atoms with Crippen molar-refractivity contribution in [3.8, 4) is 0 Å². The van der Waals surface area contributed by atoms with E-state index in [1.165, 1.54) is 0 Å².